The van der Waals surface area contributed by atoms with Crippen molar-refractivity contribution in [3.05, 3.63) is 95.5 Å². The molecule has 204 valence electrons. The van der Waals surface area contributed by atoms with Gasteiger partial charge in [0.1, 0.15) is 30.3 Å². The minimum absolute atomic E-state index is 0.0302. The third kappa shape index (κ3) is 8.32. The summed E-state index contributed by atoms with van der Waals surface area (Å²) in [5.41, 5.74) is 2.49. The van der Waals surface area contributed by atoms with Gasteiger partial charge in [0, 0.05) is 35.8 Å². The largest absolute Gasteiger partial charge is 0.487 e. The van der Waals surface area contributed by atoms with Gasteiger partial charge in [-0.25, -0.2) is 14.4 Å². The van der Waals surface area contributed by atoms with Gasteiger partial charge in [0.25, 0.3) is 0 Å². The molecule has 3 N–H and O–H groups in total. The van der Waals surface area contributed by atoms with Gasteiger partial charge in [0.05, 0.1) is 10.5 Å². The van der Waals surface area contributed by atoms with Crippen molar-refractivity contribution in [1.82, 2.24) is 15.3 Å². The number of nitrogens with zero attached hydrogens (tertiary/aromatic N) is 2. The van der Waals surface area contributed by atoms with E-state index in [2.05, 4.69) is 41.8 Å². The molecule has 40 heavy (non-hydrogen) atoms. The molecule has 0 bridgehead atoms. The first-order valence-corrected chi connectivity index (χ1v) is 13.1. The van der Waals surface area contributed by atoms with Crippen molar-refractivity contribution < 1.29 is 23.5 Å². The molecule has 9 nitrogen and oxygen atoms in total. The van der Waals surface area contributed by atoms with Crippen molar-refractivity contribution in [2.75, 3.05) is 17.2 Å². The second-order valence-electron chi connectivity index (χ2n) is 8.37. The number of halogens is 3. The highest BCUT2D eigenvalue weighted by Crippen LogP contribution is 2.31. The number of ether oxygens (including phenoxy) is 1. The Kier molecular flexibility index (Phi) is 9.76. The smallest absolute Gasteiger partial charge is 0.244 e. The lowest BCUT2D eigenvalue weighted by Crippen LogP contribution is -2.26. The number of rotatable bonds is 11. The summed E-state index contributed by atoms with van der Waals surface area (Å²) in [6, 6.07) is 16.5. The zero-order chi connectivity index (χ0) is 28.5. The van der Waals surface area contributed by atoms with Crippen LogP contribution in [0.3, 0.4) is 0 Å². The Bertz CT molecular complexity index is 1600. The van der Waals surface area contributed by atoms with Crippen LogP contribution in [-0.2, 0) is 21.0 Å². The normalized spacial score (nSPS) is 10.9. The molecule has 2 amide bonds. The number of carbonyl (C=O) groups excluding carboxylic acids is 3. The van der Waals surface area contributed by atoms with Crippen LogP contribution in [0.1, 0.15) is 12.0 Å². The van der Waals surface area contributed by atoms with Crippen molar-refractivity contribution in [3.8, 4) is 5.75 Å². The Hall–Kier alpha value is -4.35. The van der Waals surface area contributed by atoms with E-state index in [1.807, 2.05) is 0 Å². The van der Waals surface area contributed by atoms with Crippen molar-refractivity contribution >= 4 is 72.1 Å². The van der Waals surface area contributed by atoms with Crippen LogP contribution in [0.15, 0.2) is 79.1 Å². The summed E-state index contributed by atoms with van der Waals surface area (Å²) in [6.07, 6.45) is 3.60. The van der Waals surface area contributed by atoms with Crippen LogP contribution in [0.5, 0.6) is 5.75 Å². The van der Waals surface area contributed by atoms with Gasteiger partial charge in [-0.3, -0.25) is 14.4 Å². The van der Waals surface area contributed by atoms with E-state index in [0.29, 0.717) is 44.4 Å². The topological polar surface area (TPSA) is 122 Å². The number of benzene rings is 3. The number of amides is 2. The number of nitrogens with one attached hydrogen (secondary N) is 3. The summed E-state index contributed by atoms with van der Waals surface area (Å²) in [5, 5.41) is 9.52. The molecule has 4 rings (SSSR count). The fourth-order valence-corrected chi connectivity index (χ4v) is 3.94. The number of aromatic nitrogens is 2. The molecule has 0 aliphatic rings. The maximum Gasteiger partial charge on any atom is 0.244 e. The molecule has 0 spiro atoms. The molecule has 0 saturated heterocycles. The van der Waals surface area contributed by atoms with E-state index >= 15 is 0 Å². The molecular formula is C28H22BrClFN5O4. The van der Waals surface area contributed by atoms with Gasteiger partial charge in [0.2, 0.25) is 16.5 Å². The Morgan fingerprint density at radius 3 is 2.60 bits per heavy atom. The lowest BCUT2D eigenvalue weighted by molar-refractivity contribution is -0.117. The first kappa shape index (κ1) is 28.7. The number of fused-ring (bicyclic) bond motifs is 1. The Labute approximate surface area is 241 Å². The number of hydrogen-bond acceptors (Lipinski definition) is 7. The molecule has 0 aliphatic heterocycles. The highest BCUT2D eigenvalue weighted by atomic mass is 79.9. The van der Waals surface area contributed by atoms with Crippen LogP contribution >= 0.6 is 27.5 Å². The average Bonchev–Trinajstić information content (AvgIpc) is 2.92. The number of anilines is 3. The minimum Gasteiger partial charge on any atom is -0.487 e. The summed E-state index contributed by atoms with van der Waals surface area (Å²) in [4.78, 5) is 43.4. The van der Waals surface area contributed by atoms with Gasteiger partial charge in [-0.15, -0.1) is 0 Å². The molecule has 3 aromatic carbocycles. The van der Waals surface area contributed by atoms with Crippen molar-refractivity contribution in [2.24, 2.45) is 0 Å². The molecule has 1 aromatic heterocycles. The number of hydrogen-bond donors (Lipinski definition) is 3. The molecule has 0 saturated carbocycles. The van der Waals surface area contributed by atoms with Crippen LogP contribution in [0.2, 0.25) is 5.02 Å². The molecule has 0 fully saturated rings. The number of allylic oxidation sites excluding steroid dienone is 1. The Morgan fingerprint density at radius 1 is 1.00 bits per heavy atom. The van der Waals surface area contributed by atoms with E-state index in [1.54, 1.807) is 48.5 Å². The lowest BCUT2D eigenvalue weighted by Gasteiger charge is -2.13. The second kappa shape index (κ2) is 13.6. The maximum absolute atomic E-state index is 13.4. The zero-order valence-electron chi connectivity index (χ0n) is 20.8. The highest BCUT2D eigenvalue weighted by Gasteiger charge is 2.10. The predicted octanol–water partition coefficient (Wildman–Crippen LogP) is 5.67. The van der Waals surface area contributed by atoms with Crippen LogP contribution < -0.4 is 20.7 Å². The third-order valence-electron chi connectivity index (χ3n) is 5.41. The van der Waals surface area contributed by atoms with Gasteiger partial charge in [-0.05, 0) is 76.1 Å². The van der Waals surface area contributed by atoms with Crippen LogP contribution in [-0.4, -0.2) is 33.0 Å². The number of carbonyl (C=O) groups is 3. The Morgan fingerprint density at radius 2 is 1.82 bits per heavy atom. The fraction of sp³-hybridized carbons (Fsp3) is 0.107. The average molecular weight is 627 g/mol. The van der Waals surface area contributed by atoms with E-state index < -0.39 is 10.6 Å². The molecule has 4 aromatic rings. The fourth-order valence-electron chi connectivity index (χ4n) is 3.58. The van der Waals surface area contributed by atoms with Crippen LogP contribution in [0.4, 0.5) is 21.6 Å². The summed E-state index contributed by atoms with van der Waals surface area (Å²) in [5.74, 6) is -0.199. The maximum atomic E-state index is 13.4. The molecule has 1 heterocycles. The van der Waals surface area contributed by atoms with E-state index in [1.165, 1.54) is 18.5 Å². The van der Waals surface area contributed by atoms with Crippen molar-refractivity contribution in [1.29, 1.82) is 0 Å². The molecular weight excluding hydrogens is 605 g/mol. The quantitative estimate of drug-likeness (QED) is 0.145. The molecule has 0 aliphatic carbocycles. The summed E-state index contributed by atoms with van der Waals surface area (Å²) in [6.45, 7) is 0.258. The standard InChI is InChI=1S/C28H22BrClFN5O4/c29-25(37)8-9-26(38)32-11-10-27(39)35-19-4-6-23-21(13-19)28(34-16-33-23)36-20-5-7-24(22(30)14-20)40-15-17-2-1-3-18(31)12-17/h1-9,12-14,16H,10-11,15H2,(H,32,38)(H,35,39)(H,33,34,36). The predicted molar refractivity (Wildman–Crippen MR) is 154 cm³/mol. The van der Waals surface area contributed by atoms with E-state index in [4.69, 9.17) is 16.3 Å². The lowest BCUT2D eigenvalue weighted by atomic mass is 10.2. The Balaban J connectivity index is 1.39. The van der Waals surface area contributed by atoms with Gasteiger partial charge in [0.15, 0.2) is 0 Å². The zero-order valence-corrected chi connectivity index (χ0v) is 23.1. The molecule has 0 unspecified atom stereocenters. The van der Waals surface area contributed by atoms with Crippen molar-refractivity contribution in [3.63, 3.8) is 0 Å². The van der Waals surface area contributed by atoms with Crippen LogP contribution in [0, 0.1) is 5.82 Å². The SMILES string of the molecule is O=C(Br)C=CC(=O)NCCC(=O)Nc1ccc2ncnc(Nc3ccc(OCc4cccc(F)c4)c(Cl)c3)c2c1. The van der Waals surface area contributed by atoms with Gasteiger partial charge >= 0.3 is 0 Å². The molecule has 0 atom stereocenters. The van der Waals surface area contributed by atoms with Crippen molar-refractivity contribution in [2.45, 2.75) is 13.0 Å². The van der Waals surface area contributed by atoms with E-state index in [9.17, 15) is 18.8 Å². The van der Waals surface area contributed by atoms with Gasteiger partial charge < -0.3 is 20.7 Å². The van der Waals surface area contributed by atoms with Gasteiger partial charge in [-0.1, -0.05) is 23.7 Å². The molecule has 12 heteroatoms. The monoisotopic (exact) mass is 625 g/mol. The second-order valence-corrected chi connectivity index (χ2v) is 9.56. The summed E-state index contributed by atoms with van der Waals surface area (Å²) < 4.78 is 18.7. The third-order valence-corrected chi connectivity index (χ3v) is 5.97. The summed E-state index contributed by atoms with van der Waals surface area (Å²) >= 11 is 9.11. The van der Waals surface area contributed by atoms with Crippen LogP contribution in [0.25, 0.3) is 10.9 Å². The highest BCUT2D eigenvalue weighted by molar-refractivity contribution is 9.18. The minimum atomic E-state index is -0.481. The van der Waals surface area contributed by atoms with E-state index in [0.717, 1.165) is 12.2 Å². The molecule has 0 radical (unpaired) electrons. The van der Waals surface area contributed by atoms with Gasteiger partial charge in [-0.2, -0.15) is 0 Å². The first-order chi connectivity index (χ1) is 19.3. The first-order valence-electron chi connectivity index (χ1n) is 11.9. The summed E-state index contributed by atoms with van der Waals surface area (Å²) in [7, 11) is 0. The van der Waals surface area contributed by atoms with E-state index in [-0.39, 0.29) is 31.3 Å².